The van der Waals surface area contributed by atoms with Crippen molar-refractivity contribution < 1.29 is 9.18 Å². The molecule has 0 aliphatic rings. The fraction of sp³-hybridized carbons (Fsp3) is 0.0714. The molecular formula is C14H10FN3O. The molecular weight excluding hydrogens is 245 g/mol. The van der Waals surface area contributed by atoms with Crippen LogP contribution in [0.15, 0.2) is 42.6 Å². The van der Waals surface area contributed by atoms with E-state index in [4.69, 9.17) is 5.26 Å². The van der Waals surface area contributed by atoms with Crippen LogP contribution in [0.4, 0.5) is 4.39 Å². The largest absolute Gasteiger partial charge is 0.348 e. The number of hydrogen-bond acceptors (Lipinski definition) is 3. The van der Waals surface area contributed by atoms with Gasteiger partial charge in [-0.3, -0.25) is 4.79 Å². The molecule has 0 saturated heterocycles. The van der Waals surface area contributed by atoms with Crippen molar-refractivity contribution in [2.75, 3.05) is 0 Å². The summed E-state index contributed by atoms with van der Waals surface area (Å²) >= 11 is 0. The van der Waals surface area contributed by atoms with Crippen molar-refractivity contribution in [3.63, 3.8) is 0 Å². The van der Waals surface area contributed by atoms with E-state index in [0.717, 1.165) is 11.6 Å². The van der Waals surface area contributed by atoms with Gasteiger partial charge in [0.2, 0.25) is 5.95 Å². The lowest BCUT2D eigenvalue weighted by Crippen LogP contribution is -2.22. The first-order valence-electron chi connectivity index (χ1n) is 5.58. The van der Waals surface area contributed by atoms with Crippen LogP contribution in [0.1, 0.15) is 21.5 Å². The standard InChI is InChI=1S/C14H10FN3O/c15-13-7-12(5-6-17-13)14(19)18-9-11-3-1-10(8-16)2-4-11/h1-7H,9H2,(H,18,19). The van der Waals surface area contributed by atoms with Crippen LogP contribution in [0.2, 0.25) is 0 Å². The Morgan fingerprint density at radius 2 is 2.05 bits per heavy atom. The maximum atomic E-state index is 12.9. The number of pyridine rings is 1. The third-order valence-electron chi connectivity index (χ3n) is 2.52. The Labute approximate surface area is 109 Å². The Hall–Kier alpha value is -2.74. The average Bonchev–Trinajstić information content (AvgIpc) is 2.45. The molecule has 94 valence electrons. The van der Waals surface area contributed by atoms with Crippen LogP contribution in [0.25, 0.3) is 0 Å². The van der Waals surface area contributed by atoms with Crippen LogP contribution in [0.3, 0.4) is 0 Å². The first-order chi connectivity index (χ1) is 9.19. The number of benzene rings is 1. The number of amides is 1. The summed E-state index contributed by atoms with van der Waals surface area (Å²) in [6, 6.07) is 11.4. The number of carbonyl (C=O) groups is 1. The van der Waals surface area contributed by atoms with Gasteiger partial charge in [0.15, 0.2) is 0 Å². The first kappa shape index (κ1) is 12.7. The van der Waals surface area contributed by atoms with Gasteiger partial charge in [-0.2, -0.15) is 9.65 Å². The molecule has 5 heteroatoms. The maximum absolute atomic E-state index is 12.9. The van der Waals surface area contributed by atoms with Gasteiger partial charge in [0.1, 0.15) is 0 Å². The van der Waals surface area contributed by atoms with Gasteiger partial charge < -0.3 is 5.32 Å². The summed E-state index contributed by atoms with van der Waals surface area (Å²) < 4.78 is 12.9. The molecule has 2 aromatic rings. The second-order valence-electron chi connectivity index (χ2n) is 3.86. The van der Waals surface area contributed by atoms with Crippen LogP contribution >= 0.6 is 0 Å². The van der Waals surface area contributed by atoms with Gasteiger partial charge in [-0.1, -0.05) is 12.1 Å². The molecule has 0 aliphatic carbocycles. The van der Waals surface area contributed by atoms with Gasteiger partial charge in [0.05, 0.1) is 11.6 Å². The Balaban J connectivity index is 1.98. The number of nitrogens with zero attached hydrogens (tertiary/aromatic N) is 2. The number of nitriles is 1. The lowest BCUT2D eigenvalue weighted by atomic mass is 10.1. The fourth-order valence-electron chi connectivity index (χ4n) is 1.53. The average molecular weight is 255 g/mol. The predicted octanol–water partition coefficient (Wildman–Crippen LogP) is 2.02. The molecule has 1 aromatic carbocycles. The molecule has 1 N–H and O–H groups in total. The van der Waals surface area contributed by atoms with Crippen LogP contribution in [0, 0.1) is 17.3 Å². The zero-order chi connectivity index (χ0) is 13.7. The van der Waals surface area contributed by atoms with Gasteiger partial charge in [-0.25, -0.2) is 4.98 Å². The molecule has 0 atom stereocenters. The van der Waals surface area contributed by atoms with E-state index >= 15 is 0 Å². The molecule has 0 unspecified atom stereocenters. The molecule has 0 radical (unpaired) electrons. The molecule has 0 aliphatic heterocycles. The van der Waals surface area contributed by atoms with Crippen LogP contribution < -0.4 is 5.32 Å². The highest BCUT2D eigenvalue weighted by molar-refractivity contribution is 5.93. The summed E-state index contributed by atoms with van der Waals surface area (Å²) in [5.74, 6) is -1.06. The highest BCUT2D eigenvalue weighted by Crippen LogP contribution is 2.04. The van der Waals surface area contributed by atoms with Crippen molar-refractivity contribution in [2.24, 2.45) is 0 Å². The van der Waals surface area contributed by atoms with Crippen LogP contribution in [0.5, 0.6) is 0 Å². The molecule has 2 rings (SSSR count). The summed E-state index contributed by atoms with van der Waals surface area (Å²) in [6.07, 6.45) is 1.24. The normalized spacial score (nSPS) is 9.68. The van der Waals surface area contributed by atoms with Crippen molar-refractivity contribution in [1.29, 1.82) is 5.26 Å². The zero-order valence-corrected chi connectivity index (χ0v) is 9.93. The SMILES string of the molecule is N#Cc1ccc(CNC(=O)c2ccnc(F)c2)cc1. The van der Waals surface area contributed by atoms with Crippen molar-refractivity contribution in [2.45, 2.75) is 6.54 Å². The van der Waals surface area contributed by atoms with Gasteiger partial charge in [0.25, 0.3) is 5.91 Å². The van der Waals surface area contributed by atoms with E-state index in [9.17, 15) is 9.18 Å². The minimum Gasteiger partial charge on any atom is -0.348 e. The highest BCUT2D eigenvalue weighted by Gasteiger charge is 2.06. The number of aromatic nitrogens is 1. The Morgan fingerprint density at radius 3 is 2.68 bits per heavy atom. The van der Waals surface area contributed by atoms with Crippen molar-refractivity contribution in [1.82, 2.24) is 10.3 Å². The number of hydrogen-bond donors (Lipinski definition) is 1. The van der Waals surface area contributed by atoms with Crippen molar-refractivity contribution >= 4 is 5.91 Å². The maximum Gasteiger partial charge on any atom is 0.251 e. The lowest BCUT2D eigenvalue weighted by Gasteiger charge is -2.05. The Bertz CT molecular complexity index is 632. The highest BCUT2D eigenvalue weighted by atomic mass is 19.1. The molecule has 19 heavy (non-hydrogen) atoms. The van der Waals surface area contributed by atoms with E-state index in [-0.39, 0.29) is 11.5 Å². The molecule has 1 heterocycles. The van der Waals surface area contributed by atoms with E-state index < -0.39 is 5.95 Å². The zero-order valence-electron chi connectivity index (χ0n) is 9.93. The van der Waals surface area contributed by atoms with Gasteiger partial charge >= 0.3 is 0 Å². The monoisotopic (exact) mass is 255 g/mol. The number of halogens is 1. The van der Waals surface area contributed by atoms with Crippen LogP contribution in [-0.4, -0.2) is 10.9 Å². The summed E-state index contributed by atoms with van der Waals surface area (Å²) in [7, 11) is 0. The topological polar surface area (TPSA) is 65.8 Å². The number of carbonyl (C=O) groups excluding carboxylic acids is 1. The second kappa shape index (κ2) is 5.74. The third kappa shape index (κ3) is 3.36. The minimum atomic E-state index is -0.689. The molecule has 4 nitrogen and oxygen atoms in total. The summed E-state index contributed by atoms with van der Waals surface area (Å²) in [6.45, 7) is 0.314. The molecule has 1 aromatic heterocycles. The van der Waals surface area contributed by atoms with E-state index in [1.54, 1.807) is 24.3 Å². The van der Waals surface area contributed by atoms with Crippen molar-refractivity contribution in [3.05, 3.63) is 65.2 Å². The fourth-order valence-corrected chi connectivity index (χ4v) is 1.53. The summed E-state index contributed by atoms with van der Waals surface area (Å²) in [4.78, 5) is 15.1. The minimum absolute atomic E-state index is 0.223. The van der Waals surface area contributed by atoms with Crippen LogP contribution in [-0.2, 0) is 6.54 Å². The number of rotatable bonds is 3. The molecule has 0 fully saturated rings. The molecule has 0 spiro atoms. The third-order valence-corrected chi connectivity index (χ3v) is 2.52. The predicted molar refractivity (Wildman–Crippen MR) is 66.5 cm³/mol. The molecule has 0 bridgehead atoms. The van der Waals surface area contributed by atoms with E-state index in [1.807, 2.05) is 6.07 Å². The van der Waals surface area contributed by atoms with E-state index in [0.29, 0.717) is 12.1 Å². The second-order valence-corrected chi connectivity index (χ2v) is 3.86. The number of nitrogens with one attached hydrogen (secondary N) is 1. The molecule has 1 amide bonds. The van der Waals surface area contributed by atoms with Gasteiger partial charge in [-0.05, 0) is 23.8 Å². The Kier molecular flexibility index (Phi) is 3.84. The Morgan fingerprint density at radius 1 is 1.32 bits per heavy atom. The van der Waals surface area contributed by atoms with E-state index in [1.165, 1.54) is 12.3 Å². The quantitative estimate of drug-likeness (QED) is 0.853. The molecule has 0 saturated carbocycles. The van der Waals surface area contributed by atoms with E-state index in [2.05, 4.69) is 10.3 Å². The smallest absolute Gasteiger partial charge is 0.251 e. The summed E-state index contributed by atoms with van der Waals surface area (Å²) in [5.41, 5.74) is 1.65. The van der Waals surface area contributed by atoms with Gasteiger partial charge in [0, 0.05) is 24.4 Å². The van der Waals surface area contributed by atoms with Crippen molar-refractivity contribution in [3.8, 4) is 6.07 Å². The first-order valence-corrected chi connectivity index (χ1v) is 5.58. The van der Waals surface area contributed by atoms with Gasteiger partial charge in [-0.15, -0.1) is 0 Å². The lowest BCUT2D eigenvalue weighted by molar-refractivity contribution is 0.0950. The summed E-state index contributed by atoms with van der Waals surface area (Å²) in [5, 5.41) is 11.3.